The summed E-state index contributed by atoms with van der Waals surface area (Å²) in [6.45, 7) is 1.80. The van der Waals surface area contributed by atoms with E-state index in [0.717, 1.165) is 18.0 Å². The van der Waals surface area contributed by atoms with Gasteiger partial charge >= 0.3 is 0 Å². The number of pyridine rings is 1. The van der Waals surface area contributed by atoms with E-state index in [9.17, 15) is 20.0 Å². The number of nitro groups is 1. The highest BCUT2D eigenvalue weighted by atomic mass is 16.6. The fourth-order valence-corrected chi connectivity index (χ4v) is 1.59. The van der Waals surface area contributed by atoms with Crippen molar-refractivity contribution in [2.24, 2.45) is 5.10 Å². The number of phenols is 1. The highest BCUT2D eigenvalue weighted by Crippen LogP contribution is 2.21. The molecule has 1 aromatic heterocycles. The lowest BCUT2D eigenvalue weighted by Crippen LogP contribution is -2.17. The molecule has 2 aromatic rings. The Kier molecular flexibility index (Phi) is 4.42. The number of nitrogens with one attached hydrogen (secondary N) is 1. The first-order chi connectivity index (χ1) is 10.5. The molecule has 2 rings (SSSR count). The van der Waals surface area contributed by atoms with Gasteiger partial charge < -0.3 is 5.11 Å². The number of benzene rings is 1. The lowest BCUT2D eigenvalue weighted by atomic mass is 10.2. The van der Waals surface area contributed by atoms with Crippen LogP contribution in [0.1, 0.15) is 21.6 Å². The predicted molar refractivity (Wildman–Crippen MR) is 78.8 cm³/mol. The number of rotatable bonds is 4. The number of aromatic nitrogens is 1. The number of non-ortho nitro benzene ring substituents is 1. The van der Waals surface area contributed by atoms with Gasteiger partial charge in [-0.05, 0) is 25.1 Å². The average molecular weight is 300 g/mol. The second kappa shape index (κ2) is 6.44. The molecule has 0 radical (unpaired) electrons. The number of carbonyl (C=O) groups is 1. The Morgan fingerprint density at radius 2 is 2.18 bits per heavy atom. The summed E-state index contributed by atoms with van der Waals surface area (Å²) in [4.78, 5) is 25.8. The van der Waals surface area contributed by atoms with Gasteiger partial charge in [-0.1, -0.05) is 0 Å². The first-order valence-electron chi connectivity index (χ1n) is 6.21. The number of aromatic hydroxyl groups is 1. The number of nitrogens with zero attached hydrogens (tertiary/aromatic N) is 3. The van der Waals surface area contributed by atoms with E-state index in [-0.39, 0.29) is 17.0 Å². The minimum absolute atomic E-state index is 0.122. The zero-order valence-electron chi connectivity index (χ0n) is 11.6. The van der Waals surface area contributed by atoms with Crippen molar-refractivity contribution in [3.05, 3.63) is 63.5 Å². The van der Waals surface area contributed by atoms with Gasteiger partial charge in [0.1, 0.15) is 5.75 Å². The molecule has 1 heterocycles. The summed E-state index contributed by atoms with van der Waals surface area (Å²) in [6, 6.07) is 6.79. The molecule has 0 aliphatic carbocycles. The van der Waals surface area contributed by atoms with Gasteiger partial charge in [0.15, 0.2) is 0 Å². The lowest BCUT2D eigenvalue weighted by molar-refractivity contribution is -0.384. The van der Waals surface area contributed by atoms with Crippen LogP contribution in [0.4, 0.5) is 5.69 Å². The largest absolute Gasteiger partial charge is 0.507 e. The van der Waals surface area contributed by atoms with E-state index < -0.39 is 10.8 Å². The summed E-state index contributed by atoms with van der Waals surface area (Å²) < 4.78 is 0. The maximum atomic E-state index is 11.8. The molecule has 0 fully saturated rings. The Balaban J connectivity index is 2.09. The first-order valence-corrected chi connectivity index (χ1v) is 6.21. The Hall–Kier alpha value is -3.29. The average Bonchev–Trinajstić information content (AvgIpc) is 2.49. The van der Waals surface area contributed by atoms with E-state index >= 15 is 0 Å². The van der Waals surface area contributed by atoms with E-state index in [1.807, 2.05) is 0 Å². The summed E-state index contributed by atoms with van der Waals surface area (Å²) in [5.74, 6) is -0.658. The van der Waals surface area contributed by atoms with Crippen molar-refractivity contribution in [2.45, 2.75) is 6.92 Å². The van der Waals surface area contributed by atoms with Crippen molar-refractivity contribution in [1.82, 2.24) is 10.4 Å². The molecule has 0 bridgehead atoms. The first kappa shape index (κ1) is 15.1. The van der Waals surface area contributed by atoms with Gasteiger partial charge in [-0.3, -0.25) is 19.9 Å². The number of aryl methyl sites for hydroxylation is 1. The molecular formula is C14H12N4O4. The number of hydrogen-bond acceptors (Lipinski definition) is 6. The van der Waals surface area contributed by atoms with Gasteiger partial charge in [-0.2, -0.15) is 5.10 Å². The SMILES string of the molecule is Cc1ccc(C(=O)NN=Cc2cc([N+](=O)[O-])ccc2O)cn1. The van der Waals surface area contributed by atoms with Crippen LogP contribution in [0.15, 0.2) is 41.6 Å². The molecular weight excluding hydrogens is 288 g/mol. The smallest absolute Gasteiger partial charge is 0.272 e. The van der Waals surface area contributed by atoms with Crippen LogP contribution in [-0.4, -0.2) is 27.1 Å². The third-order valence-electron chi connectivity index (χ3n) is 2.77. The van der Waals surface area contributed by atoms with Crippen LogP contribution >= 0.6 is 0 Å². The van der Waals surface area contributed by atoms with Crippen LogP contribution in [0.3, 0.4) is 0 Å². The van der Waals surface area contributed by atoms with Crippen molar-refractivity contribution < 1.29 is 14.8 Å². The number of hydrogen-bond donors (Lipinski definition) is 2. The summed E-state index contributed by atoms with van der Waals surface area (Å²) in [5.41, 5.74) is 3.29. The van der Waals surface area contributed by atoms with Gasteiger partial charge in [0.2, 0.25) is 0 Å². The third-order valence-corrected chi connectivity index (χ3v) is 2.77. The zero-order chi connectivity index (χ0) is 16.1. The second-order valence-corrected chi connectivity index (χ2v) is 4.39. The van der Waals surface area contributed by atoms with Crippen LogP contribution in [0.5, 0.6) is 5.75 Å². The molecule has 0 atom stereocenters. The standard InChI is InChI=1S/C14H12N4O4/c1-9-2-3-10(7-15-9)14(20)17-16-8-11-6-12(18(21)22)4-5-13(11)19/h2-8,19H,1H3,(H,17,20). The van der Waals surface area contributed by atoms with Crippen LogP contribution in [-0.2, 0) is 0 Å². The summed E-state index contributed by atoms with van der Waals surface area (Å²) in [6.07, 6.45) is 2.53. The number of carbonyl (C=O) groups excluding carboxylic acids is 1. The molecule has 1 amide bonds. The number of hydrazone groups is 1. The number of phenolic OH excluding ortho intramolecular Hbond substituents is 1. The fourth-order valence-electron chi connectivity index (χ4n) is 1.59. The number of amides is 1. The van der Waals surface area contributed by atoms with Gasteiger partial charge in [-0.15, -0.1) is 0 Å². The topological polar surface area (TPSA) is 118 Å². The molecule has 112 valence electrons. The number of nitro benzene ring substituents is 1. The van der Waals surface area contributed by atoms with Crippen LogP contribution in [0.2, 0.25) is 0 Å². The maximum absolute atomic E-state index is 11.8. The summed E-state index contributed by atoms with van der Waals surface area (Å²) in [5, 5.41) is 23.9. The molecule has 0 saturated heterocycles. The molecule has 0 spiro atoms. The maximum Gasteiger partial charge on any atom is 0.272 e. The van der Waals surface area contributed by atoms with Crippen LogP contribution in [0.25, 0.3) is 0 Å². The van der Waals surface area contributed by atoms with E-state index in [1.165, 1.54) is 18.3 Å². The van der Waals surface area contributed by atoms with E-state index in [1.54, 1.807) is 19.1 Å². The molecule has 0 unspecified atom stereocenters. The van der Waals surface area contributed by atoms with Crippen molar-refractivity contribution in [3.63, 3.8) is 0 Å². The van der Waals surface area contributed by atoms with Gasteiger partial charge in [0.25, 0.3) is 11.6 Å². The lowest BCUT2D eigenvalue weighted by Gasteiger charge is -2.01. The van der Waals surface area contributed by atoms with Crippen LogP contribution < -0.4 is 5.43 Å². The van der Waals surface area contributed by atoms with Gasteiger partial charge in [-0.25, -0.2) is 5.43 Å². The highest BCUT2D eigenvalue weighted by Gasteiger charge is 2.09. The minimum Gasteiger partial charge on any atom is -0.507 e. The fraction of sp³-hybridized carbons (Fsp3) is 0.0714. The summed E-state index contributed by atoms with van der Waals surface area (Å²) >= 11 is 0. The molecule has 2 N–H and O–H groups in total. The van der Waals surface area contributed by atoms with Crippen molar-refractivity contribution in [1.29, 1.82) is 0 Å². The van der Waals surface area contributed by atoms with E-state index in [0.29, 0.717) is 5.56 Å². The Labute approximate surface area is 125 Å². The zero-order valence-corrected chi connectivity index (χ0v) is 11.6. The monoisotopic (exact) mass is 300 g/mol. The van der Waals surface area contributed by atoms with Crippen LogP contribution in [0, 0.1) is 17.0 Å². The highest BCUT2D eigenvalue weighted by molar-refractivity contribution is 5.94. The minimum atomic E-state index is -0.590. The van der Waals surface area contributed by atoms with Gasteiger partial charge in [0.05, 0.1) is 16.7 Å². The predicted octanol–water partition coefficient (Wildman–Crippen LogP) is 1.77. The van der Waals surface area contributed by atoms with E-state index in [2.05, 4.69) is 15.5 Å². The molecule has 0 aliphatic heterocycles. The Morgan fingerprint density at radius 1 is 1.41 bits per heavy atom. The van der Waals surface area contributed by atoms with Crippen molar-refractivity contribution in [2.75, 3.05) is 0 Å². The molecule has 0 saturated carbocycles. The Morgan fingerprint density at radius 3 is 2.82 bits per heavy atom. The van der Waals surface area contributed by atoms with Crippen molar-refractivity contribution in [3.8, 4) is 5.75 Å². The Bertz CT molecular complexity index is 741. The molecule has 8 nitrogen and oxygen atoms in total. The summed E-state index contributed by atoms with van der Waals surface area (Å²) in [7, 11) is 0. The van der Waals surface area contributed by atoms with E-state index in [4.69, 9.17) is 0 Å². The molecule has 22 heavy (non-hydrogen) atoms. The third kappa shape index (κ3) is 3.63. The second-order valence-electron chi connectivity index (χ2n) is 4.39. The molecule has 1 aromatic carbocycles. The molecule has 8 heteroatoms. The van der Waals surface area contributed by atoms with Gasteiger partial charge in [0, 0.05) is 29.6 Å². The normalized spacial score (nSPS) is 10.6. The molecule has 0 aliphatic rings. The quantitative estimate of drug-likeness (QED) is 0.507. The van der Waals surface area contributed by atoms with Crippen molar-refractivity contribution >= 4 is 17.8 Å².